The van der Waals surface area contributed by atoms with E-state index in [4.69, 9.17) is 5.11 Å². The molecule has 0 saturated heterocycles. The van der Waals surface area contributed by atoms with Crippen molar-refractivity contribution in [3.8, 4) is 0 Å². The van der Waals surface area contributed by atoms with Gasteiger partial charge in [0.05, 0.1) is 21.1 Å². The molecule has 0 radical (unpaired) electrons. The summed E-state index contributed by atoms with van der Waals surface area (Å²) >= 11 is 4.97. The van der Waals surface area contributed by atoms with E-state index in [1.54, 1.807) is 35.6 Å². The van der Waals surface area contributed by atoms with Crippen LogP contribution in [0.4, 0.5) is 0 Å². The maximum Gasteiger partial charge on any atom is 0.305 e. The number of aliphatic carboxylic acids is 1. The Balaban J connectivity index is 2.09. The Bertz CT molecular complexity index is 991. The Kier molecular flexibility index (Phi) is 4.92. The first-order chi connectivity index (χ1) is 11.5. The fourth-order valence-electron chi connectivity index (χ4n) is 2.32. The zero-order valence-corrected chi connectivity index (χ0v) is 14.9. The first-order valence-electron chi connectivity index (χ1n) is 7.18. The summed E-state index contributed by atoms with van der Waals surface area (Å²) in [6.07, 6.45) is 3.46. The van der Waals surface area contributed by atoms with Gasteiger partial charge in [-0.05, 0) is 51.1 Å². The van der Waals surface area contributed by atoms with E-state index in [0.717, 1.165) is 9.35 Å². The van der Waals surface area contributed by atoms with Crippen molar-refractivity contribution in [2.24, 2.45) is 0 Å². The number of carboxylic acids is 1. The zero-order chi connectivity index (χ0) is 17.1. The van der Waals surface area contributed by atoms with Gasteiger partial charge in [0.15, 0.2) is 0 Å². The second kappa shape index (κ2) is 7.11. The summed E-state index contributed by atoms with van der Waals surface area (Å²) in [5, 5.41) is 11.4. The first kappa shape index (κ1) is 16.6. The third-order valence-corrected chi connectivity index (χ3v) is 4.98. The SMILES string of the molecule is O=C(O)CCn1c(C=Cc2csc(Br)c2)nc2ccccc2c1=O. The average Bonchev–Trinajstić information content (AvgIpc) is 2.97. The van der Waals surface area contributed by atoms with E-state index in [1.807, 2.05) is 23.6 Å². The lowest BCUT2D eigenvalue weighted by molar-refractivity contribution is -0.137. The lowest BCUT2D eigenvalue weighted by Crippen LogP contribution is -2.25. The number of fused-ring (bicyclic) bond motifs is 1. The summed E-state index contributed by atoms with van der Waals surface area (Å²) in [6, 6.07) is 9.02. The van der Waals surface area contributed by atoms with Crippen LogP contribution in [-0.2, 0) is 11.3 Å². The Labute approximate surface area is 150 Å². The van der Waals surface area contributed by atoms with E-state index in [-0.39, 0.29) is 18.5 Å². The Morgan fingerprint density at radius 2 is 2.12 bits per heavy atom. The van der Waals surface area contributed by atoms with Crippen molar-refractivity contribution in [3.63, 3.8) is 0 Å². The summed E-state index contributed by atoms with van der Waals surface area (Å²) in [5.74, 6) is -0.506. The van der Waals surface area contributed by atoms with Gasteiger partial charge in [0.1, 0.15) is 5.82 Å². The number of nitrogens with zero attached hydrogens (tertiary/aromatic N) is 2. The van der Waals surface area contributed by atoms with Gasteiger partial charge in [0.25, 0.3) is 5.56 Å². The molecule has 0 aliphatic carbocycles. The van der Waals surface area contributed by atoms with Gasteiger partial charge in [-0.15, -0.1) is 11.3 Å². The Hall–Kier alpha value is -2.25. The molecule has 0 saturated carbocycles. The zero-order valence-electron chi connectivity index (χ0n) is 12.5. The van der Waals surface area contributed by atoms with Crippen LogP contribution in [-0.4, -0.2) is 20.6 Å². The van der Waals surface area contributed by atoms with Crippen molar-refractivity contribution in [1.29, 1.82) is 0 Å². The summed E-state index contributed by atoms with van der Waals surface area (Å²) in [6.45, 7) is 0.0823. The van der Waals surface area contributed by atoms with E-state index in [9.17, 15) is 9.59 Å². The van der Waals surface area contributed by atoms with Crippen molar-refractivity contribution in [2.45, 2.75) is 13.0 Å². The molecule has 0 fully saturated rings. The topological polar surface area (TPSA) is 72.2 Å². The lowest BCUT2D eigenvalue weighted by Gasteiger charge is -2.10. The van der Waals surface area contributed by atoms with Gasteiger partial charge in [-0.1, -0.05) is 18.2 Å². The van der Waals surface area contributed by atoms with E-state index in [2.05, 4.69) is 20.9 Å². The monoisotopic (exact) mass is 404 g/mol. The molecule has 1 N–H and O–H groups in total. The molecule has 0 bridgehead atoms. The van der Waals surface area contributed by atoms with Crippen molar-refractivity contribution >= 4 is 56.3 Å². The fourth-order valence-corrected chi connectivity index (χ4v) is 3.46. The number of para-hydroxylation sites is 1. The van der Waals surface area contributed by atoms with Crippen LogP contribution in [0, 0.1) is 0 Å². The van der Waals surface area contributed by atoms with Gasteiger partial charge >= 0.3 is 5.97 Å². The van der Waals surface area contributed by atoms with Crippen LogP contribution in [0.1, 0.15) is 17.8 Å². The highest BCUT2D eigenvalue weighted by molar-refractivity contribution is 9.11. The predicted molar refractivity (Wildman–Crippen MR) is 99.2 cm³/mol. The van der Waals surface area contributed by atoms with Crippen molar-refractivity contribution in [2.75, 3.05) is 0 Å². The van der Waals surface area contributed by atoms with Crippen LogP contribution < -0.4 is 5.56 Å². The molecule has 7 heteroatoms. The van der Waals surface area contributed by atoms with E-state index >= 15 is 0 Å². The number of halogens is 1. The van der Waals surface area contributed by atoms with Gasteiger partial charge in [0, 0.05) is 6.54 Å². The minimum Gasteiger partial charge on any atom is -0.481 e. The van der Waals surface area contributed by atoms with Gasteiger partial charge in [0.2, 0.25) is 0 Å². The smallest absolute Gasteiger partial charge is 0.305 e. The third kappa shape index (κ3) is 3.63. The van der Waals surface area contributed by atoms with E-state index in [0.29, 0.717) is 16.7 Å². The van der Waals surface area contributed by atoms with Gasteiger partial charge in [-0.3, -0.25) is 14.2 Å². The van der Waals surface area contributed by atoms with Crippen molar-refractivity contribution in [3.05, 3.63) is 61.2 Å². The second-order valence-corrected chi connectivity index (χ2v) is 7.40. The van der Waals surface area contributed by atoms with Crippen LogP contribution in [0.5, 0.6) is 0 Å². The number of rotatable bonds is 5. The quantitative estimate of drug-likeness (QED) is 0.700. The molecule has 122 valence electrons. The molecule has 0 amide bonds. The number of carbonyl (C=O) groups is 1. The normalized spacial score (nSPS) is 11.4. The van der Waals surface area contributed by atoms with Gasteiger partial charge in [-0.2, -0.15) is 0 Å². The molecule has 24 heavy (non-hydrogen) atoms. The van der Waals surface area contributed by atoms with Crippen LogP contribution in [0.2, 0.25) is 0 Å². The highest BCUT2D eigenvalue weighted by Crippen LogP contribution is 2.22. The van der Waals surface area contributed by atoms with Crippen molar-refractivity contribution in [1.82, 2.24) is 9.55 Å². The minimum absolute atomic E-state index is 0.0823. The van der Waals surface area contributed by atoms with Gasteiger partial charge in [-0.25, -0.2) is 4.98 Å². The number of hydrogen-bond donors (Lipinski definition) is 1. The standard InChI is InChI=1S/C17H13BrN2O3S/c18-14-9-11(10-24-14)5-6-15-19-13-4-2-1-3-12(13)17(23)20(15)8-7-16(21)22/h1-6,9-10H,7-8H2,(H,21,22). The predicted octanol–water partition coefficient (Wildman–Crippen LogP) is 3.87. The molecule has 3 rings (SSSR count). The molecular weight excluding hydrogens is 392 g/mol. The largest absolute Gasteiger partial charge is 0.481 e. The third-order valence-electron chi connectivity index (χ3n) is 3.45. The second-order valence-electron chi connectivity index (χ2n) is 5.11. The molecule has 0 atom stereocenters. The molecule has 3 aromatic rings. The molecule has 0 aliphatic rings. The molecule has 0 unspecified atom stereocenters. The molecule has 0 aliphatic heterocycles. The minimum atomic E-state index is -0.952. The average molecular weight is 405 g/mol. The highest BCUT2D eigenvalue weighted by atomic mass is 79.9. The van der Waals surface area contributed by atoms with E-state index < -0.39 is 5.97 Å². The number of aromatic nitrogens is 2. The number of carboxylic acid groups (broad SMARTS) is 1. The van der Waals surface area contributed by atoms with Crippen LogP contribution >= 0.6 is 27.3 Å². The Morgan fingerprint density at radius 1 is 1.33 bits per heavy atom. The number of hydrogen-bond acceptors (Lipinski definition) is 4. The Morgan fingerprint density at radius 3 is 2.83 bits per heavy atom. The molecule has 2 heterocycles. The molecule has 2 aromatic heterocycles. The highest BCUT2D eigenvalue weighted by Gasteiger charge is 2.10. The number of thiophene rings is 1. The van der Waals surface area contributed by atoms with Crippen molar-refractivity contribution < 1.29 is 9.90 Å². The molecule has 0 spiro atoms. The van der Waals surface area contributed by atoms with Crippen LogP contribution in [0.3, 0.4) is 0 Å². The lowest BCUT2D eigenvalue weighted by atomic mass is 10.2. The number of benzene rings is 1. The molecular formula is C17H13BrN2O3S. The summed E-state index contributed by atoms with van der Waals surface area (Å²) < 4.78 is 2.42. The van der Waals surface area contributed by atoms with E-state index in [1.165, 1.54) is 4.57 Å². The first-order valence-corrected chi connectivity index (χ1v) is 8.85. The van der Waals surface area contributed by atoms with Crippen LogP contribution in [0.15, 0.2) is 44.3 Å². The molecule has 5 nitrogen and oxygen atoms in total. The fraction of sp³-hybridized carbons (Fsp3) is 0.118. The summed E-state index contributed by atoms with van der Waals surface area (Å²) in [5.41, 5.74) is 1.35. The maximum atomic E-state index is 12.7. The van der Waals surface area contributed by atoms with Gasteiger partial charge < -0.3 is 5.11 Å². The maximum absolute atomic E-state index is 12.7. The van der Waals surface area contributed by atoms with Crippen LogP contribution in [0.25, 0.3) is 23.1 Å². The summed E-state index contributed by atoms with van der Waals surface area (Å²) in [7, 11) is 0. The summed E-state index contributed by atoms with van der Waals surface area (Å²) in [4.78, 5) is 28.1. The molecule has 1 aromatic carbocycles.